The molecule has 0 amide bonds. The van der Waals surface area contributed by atoms with Crippen LogP contribution in [0.2, 0.25) is 0 Å². The molecule has 6 unspecified atom stereocenters. The number of unbranched alkanes of at least 4 members (excludes halogenated alkanes) is 1. The molecular weight excluding hydrogens is 849 g/mol. The van der Waals surface area contributed by atoms with Gasteiger partial charge in [0.05, 0.1) is 54.5 Å². The van der Waals surface area contributed by atoms with E-state index in [2.05, 4.69) is 9.89 Å². The third kappa shape index (κ3) is 9.49. The Morgan fingerprint density at radius 3 is 2.58 bits per heavy atom. The Hall–Kier alpha value is -4.48. The first-order valence-corrected chi connectivity index (χ1v) is 24.0. The van der Waals surface area contributed by atoms with E-state index in [9.17, 15) is 39.9 Å². The molecule has 0 spiro atoms. The number of aliphatic hydroxyl groups excluding tert-OH is 4. The molecule has 2 saturated carbocycles. The Morgan fingerprint density at radius 1 is 1.05 bits per heavy atom. The average molecular weight is 915 g/mol. The lowest BCUT2D eigenvalue weighted by Gasteiger charge is -2.44. The molecule has 5 N–H and O–H groups in total. The highest BCUT2D eigenvalue weighted by atomic mass is 16.6. The lowest BCUT2D eigenvalue weighted by molar-refractivity contribution is -0.141. The zero-order valence-corrected chi connectivity index (χ0v) is 38.3. The second kappa shape index (κ2) is 21.2. The van der Waals surface area contributed by atoms with Crippen molar-refractivity contribution < 1.29 is 63.6 Å². The third-order valence-corrected chi connectivity index (χ3v) is 14.7. The molecule has 0 radical (unpaired) electrons. The summed E-state index contributed by atoms with van der Waals surface area (Å²) in [5, 5.41) is 57.8. The Bertz CT molecular complexity index is 2330. The summed E-state index contributed by atoms with van der Waals surface area (Å²) in [6.07, 6.45) is 6.93. The summed E-state index contributed by atoms with van der Waals surface area (Å²) in [5.74, 6) is -2.63. The number of aliphatic hydroxyl groups is 5. The number of aldehydes is 1. The highest BCUT2D eigenvalue weighted by Gasteiger charge is 2.51. The van der Waals surface area contributed by atoms with Crippen LogP contribution in [0.5, 0.6) is 17.2 Å². The van der Waals surface area contributed by atoms with E-state index in [1.165, 1.54) is 0 Å². The van der Waals surface area contributed by atoms with Gasteiger partial charge in [0, 0.05) is 62.7 Å². The zero-order valence-electron chi connectivity index (χ0n) is 38.3. The molecule has 2 aliphatic carbocycles. The molecule has 0 bridgehead atoms. The molecule has 2 aromatic rings. The minimum Gasteiger partial charge on any atom is -0.489 e. The van der Waals surface area contributed by atoms with E-state index in [-0.39, 0.29) is 72.6 Å². The number of methoxy groups -OCH3 is 1. The first-order valence-electron chi connectivity index (χ1n) is 24.0. The highest BCUT2D eigenvalue weighted by molar-refractivity contribution is 6.11. The number of benzene rings is 2. The smallest absolute Gasteiger partial charge is 0.375 e. The number of hydrogen-bond donors (Lipinski definition) is 5. The maximum Gasteiger partial charge on any atom is 0.375 e. The number of Topliss-reactive ketones (excluding diaryl/α,β-unsaturated/α-hetero) is 1. The summed E-state index contributed by atoms with van der Waals surface area (Å²) in [4.78, 5) is 48.7. The van der Waals surface area contributed by atoms with Crippen molar-refractivity contribution >= 4 is 29.7 Å². The van der Waals surface area contributed by atoms with E-state index >= 15 is 0 Å². The predicted molar refractivity (Wildman–Crippen MR) is 242 cm³/mol. The number of ether oxygens (including phenoxy) is 5. The number of fused-ring (bicyclic) bond motifs is 3. The standard InChI is InChI=1S/C51H66N2O13/c1-3-63-50(60)49-39(28-56)43(32-23-33(27-55)45(59)37(24-32)30-10-11-41-31(22-30)12-16-52-41)44-47(64-36-9-6-8-35(58)25-36)38-26-42(65-46(38)40(29-57)48(44)66-49)51(61,15-4-5-20-54)34-13-18-53(19-14-34)17-7-21-62-2/h10-12,22,28,33-37,42,54-55,57-58,61H,3-9,13-21,23-27,29H2,1-2H3. The fourth-order valence-electron chi connectivity index (χ4n) is 11.3. The molecule has 6 atom stereocenters. The molecule has 15 nitrogen and oxygen atoms in total. The van der Waals surface area contributed by atoms with Crippen molar-refractivity contribution in [1.82, 2.24) is 4.90 Å². The summed E-state index contributed by atoms with van der Waals surface area (Å²) >= 11 is 0. The molecule has 66 heavy (non-hydrogen) atoms. The summed E-state index contributed by atoms with van der Waals surface area (Å²) in [6.45, 7) is 4.15. The Labute approximate surface area is 385 Å². The van der Waals surface area contributed by atoms with Gasteiger partial charge in [-0.1, -0.05) is 17.7 Å². The van der Waals surface area contributed by atoms with E-state index in [0.717, 1.165) is 42.2 Å². The number of nitrogens with zero attached hydrogens (tertiary/aromatic N) is 2. The molecule has 6 aliphatic rings. The molecular formula is C51H66N2O13. The van der Waals surface area contributed by atoms with Crippen LogP contribution >= 0.6 is 0 Å². The van der Waals surface area contributed by atoms with E-state index < -0.39 is 60.7 Å². The molecule has 358 valence electrons. The van der Waals surface area contributed by atoms with Crippen LogP contribution in [0.4, 0.5) is 0 Å². The Morgan fingerprint density at radius 2 is 1.86 bits per heavy atom. The predicted octanol–water partition coefficient (Wildman–Crippen LogP) is 3.14. The number of likely N-dealkylation sites (tertiary alicyclic amines) is 1. The number of hydrogen-bond acceptors (Lipinski definition) is 15. The van der Waals surface area contributed by atoms with Gasteiger partial charge in [-0.3, -0.25) is 14.6 Å². The second-order valence-electron chi connectivity index (χ2n) is 18.8. The van der Waals surface area contributed by atoms with Crippen LogP contribution in [-0.2, 0) is 36.9 Å². The van der Waals surface area contributed by atoms with Gasteiger partial charge < -0.3 is 54.1 Å². The average Bonchev–Trinajstić information content (AvgIpc) is 4.00. The van der Waals surface area contributed by atoms with E-state index in [1.54, 1.807) is 14.0 Å². The third-order valence-electron chi connectivity index (χ3n) is 14.7. The van der Waals surface area contributed by atoms with Crippen LogP contribution in [-0.4, -0.2) is 132 Å². The number of ketones is 1. The largest absolute Gasteiger partial charge is 0.489 e. The van der Waals surface area contributed by atoms with Gasteiger partial charge in [0.25, 0.3) is 0 Å². The molecule has 4 heterocycles. The lowest BCUT2D eigenvalue weighted by Crippen LogP contribution is -2.54. The summed E-state index contributed by atoms with van der Waals surface area (Å²) in [7, 11) is 1.69. The van der Waals surface area contributed by atoms with Crippen LogP contribution < -0.4 is 24.8 Å². The fourth-order valence-corrected chi connectivity index (χ4v) is 11.3. The quantitative estimate of drug-likeness (QED) is 0.0827. The summed E-state index contributed by atoms with van der Waals surface area (Å²) in [6, 6.07) is 5.69. The normalized spacial score (nSPS) is 26.3. The van der Waals surface area contributed by atoms with E-state index in [4.69, 9.17) is 23.7 Å². The maximum atomic E-state index is 14.2. The van der Waals surface area contributed by atoms with Crippen molar-refractivity contribution in [2.24, 2.45) is 16.8 Å². The molecule has 3 fully saturated rings. The summed E-state index contributed by atoms with van der Waals surface area (Å²) < 4.78 is 31.3. The van der Waals surface area contributed by atoms with Gasteiger partial charge in [-0.15, -0.1) is 0 Å². The molecule has 2 aromatic carbocycles. The van der Waals surface area contributed by atoms with Gasteiger partial charge >= 0.3 is 5.97 Å². The van der Waals surface area contributed by atoms with E-state index in [0.29, 0.717) is 99.5 Å². The SMILES string of the molecule is CCOC(=O)C1=C(C=O)C(=C2CC(CO)C(=O)C(c3ccc4c(c3)=CCN=4)C2)c2c(c(CO)c3c(c2OC2CCCC(O)C2)CC(C(O)(CCCCO)C2CCN(CCCOC)CC2)O3)O1. The number of carbonyl (C=O) groups excluding carboxylic acids is 3. The Kier molecular flexibility index (Phi) is 15.4. The van der Waals surface area contributed by atoms with Crippen molar-refractivity contribution in [1.29, 1.82) is 0 Å². The van der Waals surface area contributed by atoms with E-state index in [1.807, 2.05) is 24.3 Å². The Balaban J connectivity index is 1.31. The van der Waals surface area contributed by atoms with Gasteiger partial charge in [-0.2, -0.15) is 0 Å². The maximum absolute atomic E-state index is 14.2. The van der Waals surface area contributed by atoms with Gasteiger partial charge in [0.1, 0.15) is 40.8 Å². The number of rotatable bonds is 18. The van der Waals surface area contributed by atoms with Crippen molar-refractivity contribution in [2.45, 2.75) is 127 Å². The molecule has 0 aromatic heterocycles. The molecule has 4 aliphatic heterocycles. The van der Waals surface area contributed by atoms with Crippen LogP contribution in [0.3, 0.4) is 0 Å². The lowest BCUT2D eigenvalue weighted by atomic mass is 9.71. The number of piperidine rings is 1. The van der Waals surface area contributed by atoms with Gasteiger partial charge in [-0.25, -0.2) is 4.79 Å². The van der Waals surface area contributed by atoms with Crippen molar-refractivity contribution in [2.75, 3.05) is 59.7 Å². The van der Waals surface area contributed by atoms with Gasteiger partial charge in [-0.05, 0) is 119 Å². The minimum atomic E-state index is -1.37. The first kappa shape index (κ1) is 48.0. The topological polar surface area (TPSA) is 214 Å². The second-order valence-corrected chi connectivity index (χ2v) is 18.8. The van der Waals surface area contributed by atoms with Crippen molar-refractivity contribution in [3.63, 3.8) is 0 Å². The number of esters is 1. The van der Waals surface area contributed by atoms with Crippen LogP contribution in [0.15, 0.2) is 40.1 Å². The molecule has 15 heteroatoms. The van der Waals surface area contributed by atoms with Crippen molar-refractivity contribution in [3.8, 4) is 17.2 Å². The molecule has 8 rings (SSSR count). The summed E-state index contributed by atoms with van der Waals surface area (Å²) in [5.41, 5.74) is 1.17. The van der Waals surface area contributed by atoms with Crippen molar-refractivity contribution in [3.05, 3.63) is 67.9 Å². The van der Waals surface area contributed by atoms with Gasteiger partial charge in [0.2, 0.25) is 5.76 Å². The van der Waals surface area contributed by atoms with Crippen LogP contribution in [0.25, 0.3) is 11.6 Å². The highest BCUT2D eigenvalue weighted by Crippen LogP contribution is 2.58. The first-order chi connectivity index (χ1) is 32.1. The fraction of sp³-hybridized carbons (Fsp3) is 0.608. The van der Waals surface area contributed by atoms with Crippen LogP contribution in [0.1, 0.15) is 112 Å². The minimum absolute atomic E-state index is 0.0235. The monoisotopic (exact) mass is 914 g/mol. The van der Waals surface area contributed by atoms with Crippen LogP contribution in [0, 0.1) is 11.8 Å². The molecule has 1 saturated heterocycles. The van der Waals surface area contributed by atoms with Gasteiger partial charge in [0.15, 0.2) is 6.29 Å². The number of carbonyl (C=O) groups is 3. The number of allylic oxidation sites excluding steroid dienone is 3. The zero-order chi connectivity index (χ0) is 46.5.